The molecule has 0 aliphatic carbocycles. The summed E-state index contributed by atoms with van der Waals surface area (Å²) in [5, 5.41) is 0. The predicted octanol–water partition coefficient (Wildman–Crippen LogP) is 0.699. The van der Waals surface area contributed by atoms with Gasteiger partial charge in [-0.3, -0.25) is 4.99 Å². The van der Waals surface area contributed by atoms with Crippen LogP contribution in [-0.4, -0.2) is 25.6 Å². The van der Waals surface area contributed by atoms with Crippen molar-refractivity contribution < 1.29 is 0 Å². The summed E-state index contributed by atoms with van der Waals surface area (Å²) in [5.41, 5.74) is 5.58. The summed E-state index contributed by atoms with van der Waals surface area (Å²) in [6.45, 7) is 3.98. The van der Waals surface area contributed by atoms with Gasteiger partial charge in [0.05, 0.1) is 0 Å². The molecule has 2 N–H and O–H groups in total. The van der Waals surface area contributed by atoms with E-state index in [-0.39, 0.29) is 6.04 Å². The summed E-state index contributed by atoms with van der Waals surface area (Å²) in [5.74, 6) is 0.318. The van der Waals surface area contributed by atoms with Crippen LogP contribution in [0.1, 0.15) is 13.8 Å². The van der Waals surface area contributed by atoms with Crippen molar-refractivity contribution in [1.82, 2.24) is 0 Å². The van der Waals surface area contributed by atoms with Gasteiger partial charge in [0.15, 0.2) is 0 Å². The van der Waals surface area contributed by atoms with Crippen molar-refractivity contribution in [1.29, 1.82) is 0 Å². The third-order valence-corrected chi connectivity index (χ3v) is 1.33. The van der Waals surface area contributed by atoms with Gasteiger partial charge in [0.2, 0.25) is 0 Å². The average Bonchev–Trinajstić information content (AvgIpc) is 1.88. The lowest BCUT2D eigenvalue weighted by Crippen LogP contribution is -2.25. The number of rotatable bonds is 3. The third kappa shape index (κ3) is 4.21. The Labute approximate surface area is 62.1 Å². The lowest BCUT2D eigenvalue weighted by molar-refractivity contribution is 0.623. The van der Waals surface area contributed by atoms with Crippen LogP contribution in [0, 0.1) is 5.92 Å². The second-order valence-electron chi connectivity index (χ2n) is 2.39. The van der Waals surface area contributed by atoms with Gasteiger partial charge in [0.25, 0.3) is 0 Å². The molecule has 0 aromatic heterocycles. The Bertz CT molecular complexity index is 127. The zero-order valence-corrected chi connectivity index (χ0v) is 6.78. The molecule has 1 unspecified atom stereocenters. The Hall–Kier alpha value is -0.700. The summed E-state index contributed by atoms with van der Waals surface area (Å²) in [7, 11) is 1.69. The van der Waals surface area contributed by atoms with Gasteiger partial charge in [-0.05, 0) is 6.92 Å². The molecule has 0 bridgehead atoms. The van der Waals surface area contributed by atoms with Gasteiger partial charge in [-0.1, -0.05) is 6.92 Å². The minimum Gasteiger partial charge on any atom is -0.327 e. The average molecular weight is 141 g/mol. The first-order valence-electron chi connectivity index (χ1n) is 3.38. The summed E-state index contributed by atoms with van der Waals surface area (Å²) in [6, 6.07) is 0.161. The molecule has 0 aliphatic heterocycles. The van der Waals surface area contributed by atoms with Crippen LogP contribution in [0.4, 0.5) is 0 Å². The molecule has 10 heavy (non-hydrogen) atoms. The number of aliphatic imine (C=N–C) groups is 2. The molecular formula is C7H15N3. The largest absolute Gasteiger partial charge is 0.327 e. The molecule has 0 radical (unpaired) electrons. The van der Waals surface area contributed by atoms with E-state index >= 15 is 0 Å². The molecule has 0 amide bonds. The number of hydrogen-bond donors (Lipinski definition) is 1. The van der Waals surface area contributed by atoms with Gasteiger partial charge < -0.3 is 5.73 Å². The fourth-order valence-electron chi connectivity index (χ4n) is 0.377. The van der Waals surface area contributed by atoms with Crippen molar-refractivity contribution in [2.24, 2.45) is 21.6 Å². The Kier molecular flexibility index (Phi) is 4.76. The van der Waals surface area contributed by atoms with Gasteiger partial charge in [-0.2, -0.15) is 0 Å². The van der Waals surface area contributed by atoms with Crippen molar-refractivity contribution in [3.63, 3.8) is 0 Å². The smallest absolute Gasteiger partial charge is 0.109 e. The fourth-order valence-corrected chi connectivity index (χ4v) is 0.377. The molecule has 2 atom stereocenters. The van der Waals surface area contributed by atoms with Crippen LogP contribution in [0.5, 0.6) is 0 Å². The quantitative estimate of drug-likeness (QED) is 0.456. The van der Waals surface area contributed by atoms with Crippen LogP contribution < -0.4 is 5.73 Å². The number of nitrogens with zero attached hydrogens (tertiary/aromatic N) is 2. The lowest BCUT2D eigenvalue weighted by Gasteiger charge is -2.07. The first kappa shape index (κ1) is 9.30. The lowest BCUT2D eigenvalue weighted by atomic mass is 10.1. The van der Waals surface area contributed by atoms with E-state index in [9.17, 15) is 0 Å². The highest BCUT2D eigenvalue weighted by Crippen LogP contribution is 1.93. The molecule has 0 spiro atoms. The summed E-state index contributed by atoms with van der Waals surface area (Å²) >= 11 is 0. The Morgan fingerprint density at radius 1 is 1.40 bits per heavy atom. The maximum absolute atomic E-state index is 5.58. The van der Waals surface area contributed by atoms with Crippen LogP contribution in [0.25, 0.3) is 0 Å². The van der Waals surface area contributed by atoms with Crippen molar-refractivity contribution >= 4 is 12.6 Å². The fraction of sp³-hybridized carbons (Fsp3) is 0.714. The topological polar surface area (TPSA) is 50.7 Å². The standard InChI is InChI=1S/C7H15N3/c1-6(7(2)8)4-10-5-9-3/h4-7H,8H2,1-3H3/t6-,7?/m0/s1. The van der Waals surface area contributed by atoms with E-state index in [1.54, 1.807) is 13.3 Å². The third-order valence-electron chi connectivity index (χ3n) is 1.33. The molecule has 0 saturated carbocycles. The maximum Gasteiger partial charge on any atom is 0.109 e. The molecule has 0 aromatic carbocycles. The number of nitrogens with two attached hydrogens (primary N) is 1. The summed E-state index contributed by atoms with van der Waals surface area (Å²) in [4.78, 5) is 7.62. The molecule has 0 fully saturated rings. The zero-order chi connectivity index (χ0) is 7.98. The van der Waals surface area contributed by atoms with E-state index in [4.69, 9.17) is 5.73 Å². The highest BCUT2D eigenvalue weighted by molar-refractivity contribution is 5.73. The summed E-state index contributed by atoms with van der Waals surface area (Å²) in [6.07, 6.45) is 3.32. The van der Waals surface area contributed by atoms with Crippen molar-refractivity contribution in [3.8, 4) is 0 Å². The molecule has 0 saturated heterocycles. The maximum atomic E-state index is 5.58. The van der Waals surface area contributed by atoms with Gasteiger partial charge in [-0.15, -0.1) is 0 Å². The van der Waals surface area contributed by atoms with E-state index in [0.29, 0.717) is 5.92 Å². The summed E-state index contributed by atoms with van der Waals surface area (Å²) < 4.78 is 0. The van der Waals surface area contributed by atoms with Crippen LogP contribution >= 0.6 is 0 Å². The van der Waals surface area contributed by atoms with Crippen LogP contribution in [0.3, 0.4) is 0 Å². The monoisotopic (exact) mass is 141 g/mol. The molecule has 3 heteroatoms. The van der Waals surface area contributed by atoms with Crippen molar-refractivity contribution in [2.75, 3.05) is 7.05 Å². The molecular weight excluding hydrogens is 126 g/mol. The molecule has 0 aliphatic rings. The molecule has 0 rings (SSSR count). The van der Waals surface area contributed by atoms with Crippen LogP contribution in [-0.2, 0) is 0 Å². The molecule has 0 aromatic rings. The van der Waals surface area contributed by atoms with E-state index < -0.39 is 0 Å². The zero-order valence-electron chi connectivity index (χ0n) is 6.78. The van der Waals surface area contributed by atoms with Crippen LogP contribution in [0.2, 0.25) is 0 Å². The second-order valence-corrected chi connectivity index (χ2v) is 2.39. The first-order chi connectivity index (χ1) is 4.68. The van der Waals surface area contributed by atoms with Gasteiger partial charge in [-0.25, -0.2) is 4.99 Å². The molecule has 0 heterocycles. The Morgan fingerprint density at radius 2 is 2.00 bits per heavy atom. The number of hydrogen-bond acceptors (Lipinski definition) is 2. The van der Waals surface area contributed by atoms with Crippen molar-refractivity contribution in [2.45, 2.75) is 19.9 Å². The van der Waals surface area contributed by atoms with E-state index in [0.717, 1.165) is 0 Å². The van der Waals surface area contributed by atoms with E-state index in [2.05, 4.69) is 9.98 Å². The molecule has 3 nitrogen and oxygen atoms in total. The van der Waals surface area contributed by atoms with Crippen molar-refractivity contribution in [3.05, 3.63) is 0 Å². The van der Waals surface area contributed by atoms with Crippen LogP contribution in [0.15, 0.2) is 9.98 Å². The Balaban J connectivity index is 3.66. The Morgan fingerprint density at radius 3 is 2.40 bits per heavy atom. The first-order valence-corrected chi connectivity index (χ1v) is 3.38. The second kappa shape index (κ2) is 5.11. The van der Waals surface area contributed by atoms with Gasteiger partial charge >= 0.3 is 0 Å². The normalized spacial score (nSPS) is 18.4. The minimum absolute atomic E-state index is 0.161. The highest BCUT2D eigenvalue weighted by atomic mass is 14.8. The van der Waals surface area contributed by atoms with E-state index in [1.807, 2.05) is 13.8 Å². The minimum atomic E-state index is 0.161. The SMILES string of the molecule is CN=CN=C[C@H](C)C(C)N. The highest BCUT2D eigenvalue weighted by Gasteiger charge is 2.01. The molecule has 58 valence electrons. The van der Waals surface area contributed by atoms with Gasteiger partial charge in [0, 0.05) is 25.2 Å². The predicted molar refractivity (Wildman–Crippen MR) is 45.7 cm³/mol. The van der Waals surface area contributed by atoms with Gasteiger partial charge in [0.1, 0.15) is 6.34 Å². The van der Waals surface area contributed by atoms with E-state index in [1.165, 1.54) is 6.34 Å².